The summed E-state index contributed by atoms with van der Waals surface area (Å²) in [5.41, 5.74) is 1.53. The molecule has 3 rings (SSSR count). The van der Waals surface area contributed by atoms with E-state index in [0.29, 0.717) is 17.2 Å². The summed E-state index contributed by atoms with van der Waals surface area (Å²) in [6.07, 6.45) is 1.46. The van der Waals surface area contributed by atoms with Crippen LogP contribution in [0.2, 0.25) is 0 Å². The lowest BCUT2D eigenvalue weighted by atomic mass is 10.2. The number of hydrogen-bond acceptors (Lipinski definition) is 8. The molecule has 0 spiro atoms. The van der Waals surface area contributed by atoms with Crippen LogP contribution in [0.1, 0.15) is 22.7 Å². The average Bonchev–Trinajstić information content (AvgIpc) is 3.44. The molecule has 0 unspecified atom stereocenters. The highest BCUT2D eigenvalue weighted by Crippen LogP contribution is 2.33. The summed E-state index contributed by atoms with van der Waals surface area (Å²) in [4.78, 5) is 28.1. The van der Waals surface area contributed by atoms with Gasteiger partial charge in [0.2, 0.25) is 0 Å². The number of nitrogens with zero attached hydrogens (tertiary/aromatic N) is 1. The minimum absolute atomic E-state index is 0.0547. The topological polar surface area (TPSA) is 99.9 Å². The van der Waals surface area contributed by atoms with Crippen molar-refractivity contribution in [3.63, 3.8) is 0 Å². The van der Waals surface area contributed by atoms with Gasteiger partial charge >= 0.3 is 5.97 Å². The molecule has 3 aromatic rings. The van der Waals surface area contributed by atoms with Crippen molar-refractivity contribution in [2.24, 2.45) is 0 Å². The summed E-state index contributed by atoms with van der Waals surface area (Å²) in [5, 5.41) is 5.20. The van der Waals surface area contributed by atoms with Gasteiger partial charge in [-0.2, -0.15) is 0 Å². The van der Waals surface area contributed by atoms with Crippen molar-refractivity contribution < 1.29 is 28.2 Å². The average molecular weight is 416 g/mol. The van der Waals surface area contributed by atoms with E-state index in [-0.39, 0.29) is 31.2 Å². The molecule has 2 aromatic heterocycles. The smallest absolute Gasteiger partial charge is 0.307 e. The minimum atomic E-state index is -0.426. The standard InChI is InChI=1S/C20H20N2O6S/c1-25-15-6-5-13(10-17(15)26-2)20-22-14(12-29-20)11-28-18(23)7-8-21-19(24)16-4-3-9-27-16/h3-6,9-10,12H,7-8,11H2,1-2H3,(H,21,24). The first-order valence-electron chi connectivity index (χ1n) is 8.75. The third kappa shape index (κ3) is 5.35. The van der Waals surface area contributed by atoms with Crippen LogP contribution in [0.25, 0.3) is 10.6 Å². The van der Waals surface area contributed by atoms with Gasteiger partial charge in [-0.15, -0.1) is 11.3 Å². The van der Waals surface area contributed by atoms with Crippen molar-refractivity contribution in [3.8, 4) is 22.1 Å². The van der Waals surface area contributed by atoms with Crippen LogP contribution in [0.15, 0.2) is 46.4 Å². The number of carbonyl (C=O) groups excluding carboxylic acids is 2. The first kappa shape index (κ1) is 20.4. The molecule has 0 bridgehead atoms. The van der Waals surface area contributed by atoms with E-state index in [9.17, 15) is 9.59 Å². The van der Waals surface area contributed by atoms with Crippen LogP contribution in [0.3, 0.4) is 0 Å². The van der Waals surface area contributed by atoms with Crippen LogP contribution in [-0.2, 0) is 16.1 Å². The molecule has 0 saturated heterocycles. The molecular formula is C20H20N2O6S. The molecule has 9 heteroatoms. The van der Waals surface area contributed by atoms with Gasteiger partial charge in [0.25, 0.3) is 5.91 Å². The number of carbonyl (C=O) groups is 2. The molecule has 0 aliphatic carbocycles. The van der Waals surface area contributed by atoms with Crippen LogP contribution in [0.4, 0.5) is 0 Å². The first-order chi connectivity index (χ1) is 14.1. The lowest BCUT2D eigenvalue weighted by Crippen LogP contribution is -2.26. The Morgan fingerprint density at radius 1 is 1.17 bits per heavy atom. The number of hydrogen-bond donors (Lipinski definition) is 1. The molecule has 152 valence electrons. The number of nitrogens with one attached hydrogen (secondary N) is 1. The molecule has 2 heterocycles. The molecule has 1 N–H and O–H groups in total. The van der Waals surface area contributed by atoms with Crippen molar-refractivity contribution in [2.45, 2.75) is 13.0 Å². The molecule has 0 aliphatic rings. The fourth-order valence-corrected chi connectivity index (χ4v) is 3.28. The lowest BCUT2D eigenvalue weighted by Gasteiger charge is -2.08. The van der Waals surface area contributed by atoms with E-state index in [1.165, 1.54) is 17.6 Å². The van der Waals surface area contributed by atoms with Crippen LogP contribution in [0.5, 0.6) is 11.5 Å². The zero-order valence-electron chi connectivity index (χ0n) is 16.0. The Bertz CT molecular complexity index is 967. The third-order valence-electron chi connectivity index (χ3n) is 3.92. The van der Waals surface area contributed by atoms with Gasteiger partial charge in [0.1, 0.15) is 11.6 Å². The van der Waals surface area contributed by atoms with E-state index in [1.807, 2.05) is 23.6 Å². The summed E-state index contributed by atoms with van der Waals surface area (Å²) < 4.78 is 20.7. The van der Waals surface area contributed by atoms with Gasteiger partial charge in [0.15, 0.2) is 17.3 Å². The maximum atomic E-state index is 11.9. The number of methoxy groups -OCH3 is 2. The highest BCUT2D eigenvalue weighted by Gasteiger charge is 2.12. The monoisotopic (exact) mass is 416 g/mol. The normalized spacial score (nSPS) is 10.4. The van der Waals surface area contributed by atoms with Crippen molar-refractivity contribution in [2.75, 3.05) is 20.8 Å². The molecule has 1 amide bonds. The Balaban J connectivity index is 1.47. The van der Waals surface area contributed by atoms with Gasteiger partial charge in [-0.05, 0) is 30.3 Å². The predicted molar refractivity (Wildman–Crippen MR) is 106 cm³/mol. The van der Waals surface area contributed by atoms with Crippen LogP contribution in [-0.4, -0.2) is 37.6 Å². The summed E-state index contributed by atoms with van der Waals surface area (Å²) in [5.74, 6) is 0.654. The van der Waals surface area contributed by atoms with E-state index in [2.05, 4.69) is 10.3 Å². The molecule has 0 aliphatic heterocycles. The summed E-state index contributed by atoms with van der Waals surface area (Å²) in [6, 6.07) is 8.71. The number of furan rings is 1. The van der Waals surface area contributed by atoms with E-state index in [1.54, 1.807) is 26.4 Å². The zero-order valence-corrected chi connectivity index (χ0v) is 16.8. The van der Waals surface area contributed by atoms with Gasteiger partial charge in [0.05, 0.1) is 32.6 Å². The van der Waals surface area contributed by atoms with E-state index in [0.717, 1.165) is 10.6 Å². The minimum Gasteiger partial charge on any atom is -0.493 e. The van der Waals surface area contributed by atoms with Gasteiger partial charge in [-0.25, -0.2) is 4.98 Å². The van der Waals surface area contributed by atoms with Crippen LogP contribution < -0.4 is 14.8 Å². The first-order valence-corrected chi connectivity index (χ1v) is 9.63. The molecule has 1 aromatic carbocycles. The van der Waals surface area contributed by atoms with Crippen LogP contribution in [0, 0.1) is 0 Å². The van der Waals surface area contributed by atoms with Gasteiger partial charge < -0.3 is 23.9 Å². The Labute approximate surface area is 171 Å². The molecule has 0 atom stereocenters. The molecular weight excluding hydrogens is 396 g/mol. The van der Waals surface area contributed by atoms with E-state index < -0.39 is 5.97 Å². The Hall–Kier alpha value is -3.33. The summed E-state index contributed by atoms with van der Waals surface area (Å²) in [6.45, 7) is 0.223. The van der Waals surface area contributed by atoms with Crippen molar-refractivity contribution in [1.29, 1.82) is 0 Å². The number of benzene rings is 1. The Morgan fingerprint density at radius 2 is 2.00 bits per heavy atom. The second-order valence-electron chi connectivity index (χ2n) is 5.86. The number of ether oxygens (including phenoxy) is 3. The van der Waals surface area contributed by atoms with Gasteiger partial charge in [0, 0.05) is 17.5 Å². The fraction of sp³-hybridized carbons (Fsp3) is 0.250. The van der Waals surface area contributed by atoms with E-state index >= 15 is 0 Å². The Kier molecular flexibility index (Phi) is 6.85. The third-order valence-corrected chi connectivity index (χ3v) is 4.86. The predicted octanol–water partition coefficient (Wildman–Crippen LogP) is 3.28. The van der Waals surface area contributed by atoms with Crippen LogP contribution >= 0.6 is 11.3 Å². The largest absolute Gasteiger partial charge is 0.493 e. The van der Waals surface area contributed by atoms with Crippen molar-refractivity contribution in [3.05, 3.63) is 53.4 Å². The molecule has 8 nitrogen and oxygen atoms in total. The van der Waals surface area contributed by atoms with Crippen molar-refractivity contribution in [1.82, 2.24) is 10.3 Å². The molecule has 0 saturated carbocycles. The number of rotatable bonds is 9. The zero-order chi connectivity index (χ0) is 20.6. The lowest BCUT2D eigenvalue weighted by molar-refractivity contribution is -0.144. The number of esters is 1. The van der Waals surface area contributed by atoms with Gasteiger partial charge in [-0.3, -0.25) is 9.59 Å². The molecule has 0 radical (unpaired) electrons. The highest BCUT2D eigenvalue weighted by atomic mass is 32.1. The summed E-state index contributed by atoms with van der Waals surface area (Å²) >= 11 is 1.44. The second-order valence-corrected chi connectivity index (χ2v) is 6.72. The fourth-order valence-electron chi connectivity index (χ4n) is 2.47. The van der Waals surface area contributed by atoms with Crippen molar-refractivity contribution >= 4 is 23.2 Å². The number of amides is 1. The molecule has 29 heavy (non-hydrogen) atoms. The number of thiazole rings is 1. The maximum Gasteiger partial charge on any atom is 0.307 e. The Morgan fingerprint density at radius 3 is 2.72 bits per heavy atom. The number of aromatic nitrogens is 1. The second kappa shape index (κ2) is 9.74. The molecule has 0 fully saturated rings. The summed E-state index contributed by atoms with van der Waals surface area (Å²) in [7, 11) is 3.15. The highest BCUT2D eigenvalue weighted by molar-refractivity contribution is 7.13. The SMILES string of the molecule is COc1ccc(-c2nc(COC(=O)CCNC(=O)c3ccco3)cs2)cc1OC. The maximum absolute atomic E-state index is 11.9. The van der Waals surface area contributed by atoms with Gasteiger partial charge in [-0.1, -0.05) is 0 Å². The van der Waals surface area contributed by atoms with E-state index in [4.69, 9.17) is 18.6 Å². The quantitative estimate of drug-likeness (QED) is 0.534.